The van der Waals surface area contributed by atoms with Crippen LogP contribution in [-0.2, 0) is 20.9 Å². The average molecular weight is 452 g/mol. The highest BCUT2D eigenvalue weighted by molar-refractivity contribution is 9.10. The molecule has 2 aromatic carbocycles. The molecule has 1 N–H and O–H groups in total. The van der Waals surface area contributed by atoms with E-state index in [-0.39, 0.29) is 31.0 Å². The molecule has 0 bridgehead atoms. The SMILES string of the molecule is COc1ccc(Br)cc1C(=O)CCC(=O)OCC(=O)NCc1ccc(F)cc1. The highest BCUT2D eigenvalue weighted by Crippen LogP contribution is 2.24. The number of ketones is 1. The minimum Gasteiger partial charge on any atom is -0.496 e. The fourth-order valence-electron chi connectivity index (χ4n) is 2.32. The summed E-state index contributed by atoms with van der Waals surface area (Å²) in [5.74, 6) is -1.35. The first-order chi connectivity index (χ1) is 13.4. The van der Waals surface area contributed by atoms with Gasteiger partial charge in [-0.15, -0.1) is 0 Å². The second-order valence-corrected chi connectivity index (χ2v) is 6.75. The Morgan fingerprint density at radius 1 is 1.07 bits per heavy atom. The van der Waals surface area contributed by atoms with E-state index >= 15 is 0 Å². The van der Waals surface area contributed by atoms with Crippen molar-refractivity contribution in [3.05, 3.63) is 63.9 Å². The van der Waals surface area contributed by atoms with E-state index < -0.39 is 18.5 Å². The molecule has 28 heavy (non-hydrogen) atoms. The van der Waals surface area contributed by atoms with Crippen LogP contribution in [0.2, 0.25) is 0 Å². The fraction of sp³-hybridized carbons (Fsp3) is 0.250. The van der Waals surface area contributed by atoms with Gasteiger partial charge in [0.15, 0.2) is 12.4 Å². The highest BCUT2D eigenvalue weighted by Gasteiger charge is 2.16. The quantitative estimate of drug-likeness (QED) is 0.466. The first-order valence-corrected chi connectivity index (χ1v) is 9.22. The van der Waals surface area contributed by atoms with E-state index in [1.165, 1.54) is 19.2 Å². The lowest BCUT2D eigenvalue weighted by Gasteiger charge is -2.09. The third kappa shape index (κ3) is 6.77. The van der Waals surface area contributed by atoms with Crippen molar-refractivity contribution in [2.45, 2.75) is 19.4 Å². The van der Waals surface area contributed by atoms with Gasteiger partial charge in [-0.05, 0) is 35.9 Å². The molecule has 2 rings (SSSR count). The number of Topliss-reactive ketones (excluding diaryl/α,β-unsaturated/α-hetero) is 1. The van der Waals surface area contributed by atoms with Crippen LogP contribution in [0.1, 0.15) is 28.8 Å². The molecule has 148 valence electrons. The first kappa shape index (κ1) is 21.6. The van der Waals surface area contributed by atoms with Crippen LogP contribution in [-0.4, -0.2) is 31.4 Å². The predicted molar refractivity (Wildman–Crippen MR) is 103 cm³/mol. The Morgan fingerprint density at radius 3 is 2.46 bits per heavy atom. The van der Waals surface area contributed by atoms with Gasteiger partial charge in [0.1, 0.15) is 11.6 Å². The maximum Gasteiger partial charge on any atom is 0.306 e. The molecule has 6 nitrogen and oxygen atoms in total. The number of halogens is 2. The number of esters is 1. The number of hydrogen-bond acceptors (Lipinski definition) is 5. The van der Waals surface area contributed by atoms with E-state index in [0.29, 0.717) is 11.3 Å². The number of ether oxygens (including phenoxy) is 2. The first-order valence-electron chi connectivity index (χ1n) is 8.42. The Morgan fingerprint density at radius 2 is 1.79 bits per heavy atom. The lowest BCUT2D eigenvalue weighted by molar-refractivity contribution is -0.148. The molecule has 0 saturated heterocycles. The zero-order valence-corrected chi connectivity index (χ0v) is 16.8. The summed E-state index contributed by atoms with van der Waals surface area (Å²) >= 11 is 3.29. The van der Waals surface area contributed by atoms with E-state index in [0.717, 1.165) is 10.0 Å². The van der Waals surface area contributed by atoms with Gasteiger partial charge in [0.25, 0.3) is 5.91 Å². The zero-order chi connectivity index (χ0) is 20.5. The van der Waals surface area contributed by atoms with Crippen molar-refractivity contribution >= 4 is 33.6 Å². The van der Waals surface area contributed by atoms with Crippen molar-refractivity contribution in [2.75, 3.05) is 13.7 Å². The molecule has 0 fully saturated rings. The summed E-state index contributed by atoms with van der Waals surface area (Å²) in [6.45, 7) is -0.258. The van der Waals surface area contributed by atoms with Crippen LogP contribution in [0.25, 0.3) is 0 Å². The van der Waals surface area contributed by atoms with Crippen molar-refractivity contribution in [1.82, 2.24) is 5.32 Å². The van der Waals surface area contributed by atoms with Crippen LogP contribution in [0.3, 0.4) is 0 Å². The van der Waals surface area contributed by atoms with E-state index in [1.54, 1.807) is 30.3 Å². The second kappa shape index (κ2) is 10.6. The lowest BCUT2D eigenvalue weighted by atomic mass is 10.1. The van der Waals surface area contributed by atoms with Gasteiger partial charge in [-0.25, -0.2) is 4.39 Å². The number of carbonyl (C=O) groups is 3. The summed E-state index contributed by atoms with van der Waals surface area (Å²) < 4.78 is 23.6. The van der Waals surface area contributed by atoms with E-state index in [9.17, 15) is 18.8 Å². The maximum absolute atomic E-state index is 12.8. The van der Waals surface area contributed by atoms with Gasteiger partial charge in [-0.3, -0.25) is 14.4 Å². The predicted octanol–water partition coefficient (Wildman–Crippen LogP) is 3.42. The number of carbonyl (C=O) groups excluding carboxylic acids is 3. The van der Waals surface area contributed by atoms with Gasteiger partial charge in [0.2, 0.25) is 0 Å². The summed E-state index contributed by atoms with van der Waals surface area (Å²) in [6, 6.07) is 10.7. The van der Waals surface area contributed by atoms with Crippen molar-refractivity contribution < 1.29 is 28.2 Å². The molecule has 0 spiro atoms. The van der Waals surface area contributed by atoms with Crippen LogP contribution in [0.15, 0.2) is 46.9 Å². The summed E-state index contributed by atoms with van der Waals surface area (Å²) in [6.07, 6.45) is -0.220. The molecule has 0 saturated carbocycles. The topological polar surface area (TPSA) is 81.7 Å². The number of methoxy groups -OCH3 is 1. The standard InChI is InChI=1S/C20H19BrFNO5/c1-27-18-8-4-14(21)10-16(18)17(24)7-9-20(26)28-12-19(25)23-11-13-2-5-15(22)6-3-13/h2-6,8,10H,7,9,11-12H2,1H3,(H,23,25). The summed E-state index contributed by atoms with van der Waals surface area (Å²) in [5.41, 5.74) is 1.08. The Labute approximate surface area is 170 Å². The third-order valence-corrected chi connectivity index (χ3v) is 4.28. The van der Waals surface area contributed by atoms with Gasteiger partial charge in [0.05, 0.1) is 19.1 Å². The number of nitrogens with one attached hydrogen (secondary N) is 1. The molecule has 0 heterocycles. The van der Waals surface area contributed by atoms with Gasteiger partial charge in [-0.1, -0.05) is 28.1 Å². The third-order valence-electron chi connectivity index (χ3n) is 3.79. The van der Waals surface area contributed by atoms with E-state index in [1.807, 2.05) is 0 Å². The molecule has 0 unspecified atom stereocenters. The van der Waals surface area contributed by atoms with Crippen LogP contribution >= 0.6 is 15.9 Å². The molecular formula is C20H19BrFNO5. The molecule has 2 aromatic rings. The van der Waals surface area contributed by atoms with Crippen LogP contribution in [0, 0.1) is 5.82 Å². The van der Waals surface area contributed by atoms with Crippen LogP contribution in [0.4, 0.5) is 4.39 Å². The summed E-state index contributed by atoms with van der Waals surface area (Å²) in [5, 5.41) is 2.56. The fourth-order valence-corrected chi connectivity index (χ4v) is 2.68. The largest absolute Gasteiger partial charge is 0.496 e. The molecule has 1 amide bonds. The zero-order valence-electron chi connectivity index (χ0n) is 15.2. The molecule has 0 aliphatic heterocycles. The monoisotopic (exact) mass is 451 g/mol. The summed E-state index contributed by atoms with van der Waals surface area (Å²) in [7, 11) is 1.46. The number of benzene rings is 2. The van der Waals surface area contributed by atoms with Gasteiger partial charge in [-0.2, -0.15) is 0 Å². The van der Waals surface area contributed by atoms with Gasteiger partial charge >= 0.3 is 5.97 Å². The smallest absolute Gasteiger partial charge is 0.306 e. The molecule has 0 atom stereocenters. The highest BCUT2D eigenvalue weighted by atomic mass is 79.9. The molecule has 0 radical (unpaired) electrons. The Bertz CT molecular complexity index is 854. The number of amides is 1. The maximum atomic E-state index is 12.8. The minimum absolute atomic E-state index is 0.0666. The minimum atomic E-state index is -0.653. The molecule has 0 aliphatic rings. The normalized spacial score (nSPS) is 10.2. The molecular weight excluding hydrogens is 433 g/mol. The Hall–Kier alpha value is -2.74. The van der Waals surface area contributed by atoms with Crippen molar-refractivity contribution in [1.29, 1.82) is 0 Å². The number of rotatable bonds is 9. The number of hydrogen-bond donors (Lipinski definition) is 1. The van der Waals surface area contributed by atoms with Crippen molar-refractivity contribution in [2.24, 2.45) is 0 Å². The van der Waals surface area contributed by atoms with Gasteiger partial charge < -0.3 is 14.8 Å². The van der Waals surface area contributed by atoms with E-state index in [4.69, 9.17) is 9.47 Å². The van der Waals surface area contributed by atoms with Crippen molar-refractivity contribution in [3.63, 3.8) is 0 Å². The molecule has 8 heteroatoms. The van der Waals surface area contributed by atoms with Crippen molar-refractivity contribution in [3.8, 4) is 5.75 Å². The Kier molecular flexibility index (Phi) is 8.13. The van der Waals surface area contributed by atoms with E-state index in [2.05, 4.69) is 21.2 Å². The lowest BCUT2D eigenvalue weighted by Crippen LogP contribution is -2.28. The second-order valence-electron chi connectivity index (χ2n) is 5.83. The van der Waals surface area contributed by atoms with Gasteiger partial charge in [0, 0.05) is 17.4 Å². The summed E-state index contributed by atoms with van der Waals surface area (Å²) in [4.78, 5) is 35.8. The molecule has 0 aliphatic carbocycles. The average Bonchev–Trinajstić information content (AvgIpc) is 2.69. The van der Waals surface area contributed by atoms with Crippen LogP contribution < -0.4 is 10.1 Å². The Balaban J connectivity index is 1.73. The molecule has 0 aromatic heterocycles. The van der Waals surface area contributed by atoms with Crippen LogP contribution in [0.5, 0.6) is 5.75 Å².